The van der Waals surface area contributed by atoms with E-state index >= 15 is 0 Å². The number of guanidine groups is 2. The second-order valence-corrected chi connectivity index (χ2v) is 1.29. The van der Waals surface area contributed by atoms with Crippen LogP contribution in [0, 0.1) is 10.8 Å². The Hall–Kier alpha value is -1.34. The Kier molecular flexibility index (Phi) is 2.42. The Morgan fingerprint density at radius 3 is 1.89 bits per heavy atom. The molecule has 0 bridgehead atoms. The molecule has 0 saturated heterocycles. The predicted octanol–water partition coefficient (Wildman–Crippen LogP) is -2.55. The van der Waals surface area contributed by atoms with Crippen LogP contribution in [0.5, 0.6) is 0 Å². The summed E-state index contributed by atoms with van der Waals surface area (Å²) in [4.78, 5) is 0. The molecule has 0 aromatic carbocycles. The summed E-state index contributed by atoms with van der Waals surface area (Å²) in [7, 11) is 0. The van der Waals surface area contributed by atoms with Gasteiger partial charge in [-0.1, -0.05) is 0 Å². The third kappa shape index (κ3) is 3.26. The van der Waals surface area contributed by atoms with Gasteiger partial charge in [-0.2, -0.15) is 0 Å². The second kappa shape index (κ2) is 2.84. The molecule has 0 aliphatic heterocycles. The third-order valence-corrected chi connectivity index (χ3v) is 0.511. The van der Waals surface area contributed by atoms with Gasteiger partial charge in [0.05, 0.1) is 0 Å². The second-order valence-electron chi connectivity index (χ2n) is 1.29. The van der Waals surface area contributed by atoms with E-state index in [4.69, 9.17) is 28.2 Å². The zero-order valence-electron chi connectivity index (χ0n) is 4.68. The first kappa shape index (κ1) is 7.66. The van der Waals surface area contributed by atoms with Crippen LogP contribution in [0.25, 0.3) is 0 Å². The van der Waals surface area contributed by atoms with E-state index in [0.29, 0.717) is 5.12 Å². The van der Waals surface area contributed by atoms with Gasteiger partial charge in [0, 0.05) is 0 Å². The van der Waals surface area contributed by atoms with Crippen molar-refractivity contribution >= 4 is 11.9 Å². The Balaban J connectivity index is 3.64. The lowest BCUT2D eigenvalue weighted by atomic mass is 10.9. The van der Waals surface area contributed by atoms with Gasteiger partial charge in [-0.15, -0.1) is 0 Å². The van der Waals surface area contributed by atoms with E-state index in [9.17, 15) is 0 Å². The molecule has 0 amide bonds. The average molecular weight is 131 g/mol. The summed E-state index contributed by atoms with van der Waals surface area (Å²) >= 11 is 0. The maximum Gasteiger partial charge on any atom is 0.227 e. The lowest BCUT2D eigenvalue weighted by Crippen LogP contribution is -2.52. The van der Waals surface area contributed by atoms with Crippen molar-refractivity contribution in [3.63, 3.8) is 0 Å². The highest BCUT2D eigenvalue weighted by Crippen LogP contribution is 1.61. The molecule has 7 nitrogen and oxygen atoms in total. The molecule has 0 saturated carbocycles. The van der Waals surface area contributed by atoms with Gasteiger partial charge in [-0.3, -0.25) is 16.1 Å². The van der Waals surface area contributed by atoms with Gasteiger partial charge in [-0.25, -0.2) is 16.8 Å². The summed E-state index contributed by atoms with van der Waals surface area (Å²) in [5.74, 6) is 9.01. The molecule has 0 atom stereocenters. The quantitative estimate of drug-likeness (QED) is 0.0929. The molecular formula is C2H9N7. The highest BCUT2D eigenvalue weighted by Gasteiger charge is 1.97. The maximum atomic E-state index is 6.82. The Morgan fingerprint density at radius 2 is 1.78 bits per heavy atom. The molecule has 9 heavy (non-hydrogen) atoms. The van der Waals surface area contributed by atoms with E-state index in [1.54, 1.807) is 0 Å². The lowest BCUT2D eigenvalue weighted by Gasteiger charge is -2.11. The van der Waals surface area contributed by atoms with Crippen molar-refractivity contribution < 1.29 is 0 Å². The lowest BCUT2D eigenvalue weighted by molar-refractivity contribution is 0.450. The van der Waals surface area contributed by atoms with Crippen molar-refractivity contribution in [1.82, 2.24) is 10.4 Å². The van der Waals surface area contributed by atoms with Crippen molar-refractivity contribution in [2.45, 2.75) is 0 Å². The van der Waals surface area contributed by atoms with Crippen LogP contribution in [0.1, 0.15) is 0 Å². The van der Waals surface area contributed by atoms with Gasteiger partial charge in [0.2, 0.25) is 5.96 Å². The Labute approximate surface area is 51.7 Å². The summed E-state index contributed by atoms with van der Waals surface area (Å²) in [5, 5.41) is 16.0. The van der Waals surface area contributed by atoms with E-state index in [-0.39, 0.29) is 11.9 Å². The van der Waals surface area contributed by atoms with E-state index in [0.717, 1.165) is 0 Å². The summed E-state index contributed by atoms with van der Waals surface area (Å²) < 4.78 is 0. The standard InChI is InChI=1S/C2H9N7/c3-1(4)8-2(5)9(6)7/h6-7H2,(H5,3,4,5,8). The highest BCUT2D eigenvalue weighted by molar-refractivity contribution is 5.94. The van der Waals surface area contributed by atoms with Crippen molar-refractivity contribution in [2.75, 3.05) is 0 Å². The van der Waals surface area contributed by atoms with Crippen molar-refractivity contribution in [3.8, 4) is 0 Å². The Bertz CT molecular complexity index is 125. The molecule has 7 heteroatoms. The molecule has 0 aromatic heterocycles. The number of nitrogens with zero attached hydrogens (tertiary/aromatic N) is 1. The number of hydrogen-bond acceptors (Lipinski definition) is 4. The predicted molar refractivity (Wildman–Crippen MR) is 33.0 cm³/mol. The monoisotopic (exact) mass is 131 g/mol. The van der Waals surface area contributed by atoms with E-state index in [2.05, 4.69) is 5.32 Å². The van der Waals surface area contributed by atoms with Crippen LogP contribution in [0.15, 0.2) is 0 Å². The normalized spacial score (nSPS) is 8.22. The van der Waals surface area contributed by atoms with Gasteiger partial charge in [-0.05, 0) is 0 Å². The first-order valence-corrected chi connectivity index (χ1v) is 2.03. The van der Waals surface area contributed by atoms with Crippen LogP contribution in [0.3, 0.4) is 0 Å². The summed E-state index contributed by atoms with van der Waals surface area (Å²) in [5.41, 5.74) is 4.82. The number of nitrogens with one attached hydrogen (secondary N) is 3. The number of rotatable bonds is 0. The molecule has 0 rings (SSSR count). The Morgan fingerprint density at radius 1 is 1.33 bits per heavy atom. The molecule has 0 aliphatic rings. The number of hydrazine groups is 2. The maximum absolute atomic E-state index is 6.82. The molecule has 0 spiro atoms. The fourth-order valence-corrected chi connectivity index (χ4v) is 0.192. The molecule has 0 heterocycles. The topological polar surface area (TPSA) is 141 Å². The van der Waals surface area contributed by atoms with Crippen LogP contribution < -0.4 is 22.7 Å². The van der Waals surface area contributed by atoms with Crippen LogP contribution in [-0.2, 0) is 0 Å². The average Bonchev–Trinajstić information content (AvgIpc) is 1.63. The number of hydrogen-bond donors (Lipinski definition) is 6. The minimum atomic E-state index is -0.374. The minimum absolute atomic E-state index is 0.331. The van der Waals surface area contributed by atoms with E-state index in [1.165, 1.54) is 0 Å². The van der Waals surface area contributed by atoms with Gasteiger partial charge in [0.1, 0.15) is 0 Å². The molecular weight excluding hydrogens is 122 g/mol. The van der Waals surface area contributed by atoms with Crippen molar-refractivity contribution in [1.29, 1.82) is 10.8 Å². The highest BCUT2D eigenvalue weighted by atomic mass is 15.6. The fraction of sp³-hybridized carbons (Fsp3) is 0. The van der Waals surface area contributed by atoms with Gasteiger partial charge in [0.15, 0.2) is 5.96 Å². The summed E-state index contributed by atoms with van der Waals surface area (Å²) in [6.45, 7) is 0. The van der Waals surface area contributed by atoms with Gasteiger partial charge < -0.3 is 5.73 Å². The van der Waals surface area contributed by atoms with E-state index < -0.39 is 0 Å². The van der Waals surface area contributed by atoms with Crippen molar-refractivity contribution in [2.24, 2.45) is 17.4 Å². The minimum Gasteiger partial charge on any atom is -0.370 e. The largest absolute Gasteiger partial charge is 0.370 e. The first-order valence-electron chi connectivity index (χ1n) is 2.03. The van der Waals surface area contributed by atoms with Crippen LogP contribution in [0.2, 0.25) is 0 Å². The molecule has 0 unspecified atom stereocenters. The smallest absolute Gasteiger partial charge is 0.227 e. The fourth-order valence-electron chi connectivity index (χ4n) is 0.192. The molecule has 0 aromatic rings. The van der Waals surface area contributed by atoms with E-state index in [1.807, 2.05) is 0 Å². The van der Waals surface area contributed by atoms with Gasteiger partial charge >= 0.3 is 0 Å². The zero-order chi connectivity index (χ0) is 7.44. The molecule has 52 valence electrons. The van der Waals surface area contributed by atoms with Crippen LogP contribution in [0.4, 0.5) is 0 Å². The molecule has 0 radical (unpaired) electrons. The first-order chi connectivity index (χ1) is 4.04. The summed E-state index contributed by atoms with van der Waals surface area (Å²) in [6.07, 6.45) is 0. The third-order valence-electron chi connectivity index (χ3n) is 0.511. The SMILES string of the molecule is N=C(N)NC(=N)N(N)N. The van der Waals surface area contributed by atoms with Crippen molar-refractivity contribution in [3.05, 3.63) is 0 Å². The van der Waals surface area contributed by atoms with Crippen LogP contribution in [-0.4, -0.2) is 17.0 Å². The number of nitrogens with two attached hydrogens (primary N) is 3. The van der Waals surface area contributed by atoms with Crippen LogP contribution >= 0.6 is 0 Å². The zero-order valence-corrected chi connectivity index (χ0v) is 4.68. The van der Waals surface area contributed by atoms with Gasteiger partial charge in [0.25, 0.3) is 0 Å². The molecule has 0 aliphatic carbocycles. The summed E-state index contributed by atoms with van der Waals surface area (Å²) in [6, 6.07) is 0. The molecule has 0 fully saturated rings. The molecule has 9 N–H and O–H groups in total.